The number of carbonyl (C=O) groups is 1. The third-order valence-electron chi connectivity index (χ3n) is 4.49. The van der Waals surface area contributed by atoms with E-state index in [9.17, 15) is 13.2 Å². The van der Waals surface area contributed by atoms with E-state index in [1.807, 2.05) is 6.92 Å². The smallest absolute Gasteiger partial charge is 0.317 e. The maximum Gasteiger partial charge on any atom is 0.317 e. The highest BCUT2D eigenvalue weighted by Gasteiger charge is 2.38. The Labute approximate surface area is 129 Å². The zero-order valence-electron chi connectivity index (χ0n) is 13.8. The molecule has 5 nitrogen and oxygen atoms in total. The third-order valence-corrected chi connectivity index (χ3v) is 6.76. The van der Waals surface area contributed by atoms with Gasteiger partial charge < -0.3 is 10.2 Å². The second kappa shape index (κ2) is 8.01. The van der Waals surface area contributed by atoms with Gasteiger partial charge in [0.25, 0.3) is 0 Å². The number of rotatable bonds is 6. The molecule has 3 unspecified atom stereocenters. The molecule has 0 saturated carbocycles. The van der Waals surface area contributed by atoms with E-state index in [2.05, 4.69) is 19.2 Å². The summed E-state index contributed by atoms with van der Waals surface area (Å²) in [6.45, 7) is 8.07. The molecule has 1 rings (SSSR count). The average molecular weight is 318 g/mol. The van der Waals surface area contributed by atoms with Crippen LogP contribution in [0.1, 0.15) is 59.8 Å². The zero-order chi connectivity index (χ0) is 16.0. The van der Waals surface area contributed by atoms with Crippen molar-refractivity contribution in [1.82, 2.24) is 10.2 Å². The molecule has 1 fully saturated rings. The Balaban J connectivity index is 2.65. The highest BCUT2D eigenvalue weighted by atomic mass is 32.2. The van der Waals surface area contributed by atoms with Gasteiger partial charge in [0.15, 0.2) is 9.84 Å². The molecule has 0 aromatic heterocycles. The lowest BCUT2D eigenvalue weighted by Crippen LogP contribution is -2.58. The van der Waals surface area contributed by atoms with Crippen LogP contribution in [0.15, 0.2) is 0 Å². The van der Waals surface area contributed by atoms with Crippen LogP contribution in [0.25, 0.3) is 0 Å². The predicted molar refractivity (Wildman–Crippen MR) is 86.2 cm³/mol. The first-order chi connectivity index (χ1) is 9.83. The van der Waals surface area contributed by atoms with E-state index in [-0.39, 0.29) is 23.9 Å². The van der Waals surface area contributed by atoms with E-state index in [1.165, 1.54) is 0 Å². The number of carbonyl (C=O) groups excluding carboxylic acids is 1. The van der Waals surface area contributed by atoms with Crippen LogP contribution in [0.4, 0.5) is 4.79 Å². The second-order valence-corrected chi connectivity index (χ2v) is 8.56. The molecule has 0 aromatic carbocycles. The number of unbranched alkanes of at least 4 members (excludes halogenated alkanes) is 1. The first kappa shape index (κ1) is 18.3. The molecule has 124 valence electrons. The van der Waals surface area contributed by atoms with Gasteiger partial charge in [0.05, 0.1) is 11.0 Å². The summed E-state index contributed by atoms with van der Waals surface area (Å²) in [5.74, 6) is 0.0688. The Morgan fingerprint density at radius 2 is 1.90 bits per heavy atom. The summed E-state index contributed by atoms with van der Waals surface area (Å²) in [4.78, 5) is 14.1. The normalized spacial score (nSPS) is 26.4. The predicted octanol–water partition coefficient (Wildman–Crippen LogP) is 2.56. The van der Waals surface area contributed by atoms with Crippen LogP contribution in [0.5, 0.6) is 0 Å². The molecule has 0 radical (unpaired) electrons. The quantitative estimate of drug-likeness (QED) is 0.818. The van der Waals surface area contributed by atoms with Crippen molar-refractivity contribution in [2.24, 2.45) is 0 Å². The molecule has 21 heavy (non-hydrogen) atoms. The summed E-state index contributed by atoms with van der Waals surface area (Å²) in [5.41, 5.74) is 0. The first-order valence-corrected chi connectivity index (χ1v) is 9.83. The lowest BCUT2D eigenvalue weighted by atomic mass is 10.1. The molecule has 0 bridgehead atoms. The molecular formula is C15H30N2O3S. The minimum atomic E-state index is -3.05. The summed E-state index contributed by atoms with van der Waals surface area (Å²) in [7, 11) is -3.05. The van der Waals surface area contributed by atoms with Gasteiger partial charge in [0.2, 0.25) is 0 Å². The number of hydrogen-bond acceptors (Lipinski definition) is 3. The fourth-order valence-electron chi connectivity index (χ4n) is 2.80. The molecule has 1 heterocycles. The summed E-state index contributed by atoms with van der Waals surface area (Å²) in [5, 5.41) is 2.60. The van der Waals surface area contributed by atoms with Crippen LogP contribution in [-0.4, -0.2) is 49.0 Å². The van der Waals surface area contributed by atoms with Crippen molar-refractivity contribution in [2.45, 2.75) is 77.1 Å². The lowest BCUT2D eigenvalue weighted by Gasteiger charge is -2.38. The Hall–Kier alpha value is -0.780. The van der Waals surface area contributed by atoms with Crippen molar-refractivity contribution < 1.29 is 13.2 Å². The molecule has 2 amide bonds. The molecule has 0 spiro atoms. The van der Waals surface area contributed by atoms with Gasteiger partial charge in [-0.3, -0.25) is 0 Å². The van der Waals surface area contributed by atoms with Crippen molar-refractivity contribution in [3.05, 3.63) is 0 Å². The van der Waals surface area contributed by atoms with Gasteiger partial charge in [-0.2, -0.15) is 0 Å². The Morgan fingerprint density at radius 1 is 1.24 bits per heavy atom. The van der Waals surface area contributed by atoms with Crippen LogP contribution in [-0.2, 0) is 9.84 Å². The van der Waals surface area contributed by atoms with E-state index in [4.69, 9.17) is 0 Å². The molecule has 1 aliphatic rings. The number of nitrogens with zero attached hydrogens (tertiary/aromatic N) is 1. The van der Waals surface area contributed by atoms with E-state index < -0.39 is 15.1 Å². The summed E-state index contributed by atoms with van der Waals surface area (Å²) in [6.07, 6.45) is 5.22. The van der Waals surface area contributed by atoms with Crippen molar-refractivity contribution in [3.8, 4) is 0 Å². The van der Waals surface area contributed by atoms with Gasteiger partial charge in [0, 0.05) is 18.6 Å². The van der Waals surface area contributed by atoms with Crippen molar-refractivity contribution in [2.75, 3.05) is 12.3 Å². The zero-order valence-corrected chi connectivity index (χ0v) is 14.6. The molecule has 1 saturated heterocycles. The number of nitrogens with one attached hydrogen (secondary N) is 1. The van der Waals surface area contributed by atoms with E-state index in [0.717, 1.165) is 32.1 Å². The number of hydrogen-bond donors (Lipinski definition) is 1. The van der Waals surface area contributed by atoms with Gasteiger partial charge >= 0.3 is 6.03 Å². The molecule has 0 aromatic rings. The van der Waals surface area contributed by atoms with Gasteiger partial charge in [0.1, 0.15) is 0 Å². The van der Waals surface area contributed by atoms with Crippen molar-refractivity contribution >= 4 is 15.9 Å². The molecule has 3 atom stereocenters. The second-order valence-electron chi connectivity index (χ2n) is 6.08. The Kier molecular flexibility index (Phi) is 6.97. The summed E-state index contributed by atoms with van der Waals surface area (Å²) in [6, 6.07) is -0.181. The van der Waals surface area contributed by atoms with Gasteiger partial charge in [-0.25, -0.2) is 13.2 Å². The fourth-order valence-corrected chi connectivity index (χ4v) is 4.37. The third kappa shape index (κ3) is 4.87. The molecule has 0 aliphatic carbocycles. The van der Waals surface area contributed by atoms with Crippen LogP contribution in [0.3, 0.4) is 0 Å². The molecule has 6 heteroatoms. The minimum absolute atomic E-state index is 0.0688. The topological polar surface area (TPSA) is 66.5 Å². The SMILES string of the molecule is CCCCC(CCC)NC(=O)N1CCS(=O)(=O)C(C)C1C. The molecule has 1 N–H and O–H groups in total. The number of amides is 2. The maximum absolute atomic E-state index is 12.4. The Bertz CT molecular complexity index is 436. The van der Waals surface area contributed by atoms with E-state index >= 15 is 0 Å². The highest BCUT2D eigenvalue weighted by molar-refractivity contribution is 7.92. The lowest BCUT2D eigenvalue weighted by molar-refractivity contribution is 0.172. The standard InChI is InChI=1S/C15H30N2O3S/c1-5-7-9-14(8-6-2)16-15(18)17-10-11-21(19,20)13(4)12(17)3/h12-14H,5-11H2,1-4H3,(H,16,18). The van der Waals surface area contributed by atoms with E-state index in [1.54, 1.807) is 11.8 Å². The van der Waals surface area contributed by atoms with Crippen molar-refractivity contribution in [3.63, 3.8) is 0 Å². The molecule has 1 aliphatic heterocycles. The van der Waals surface area contributed by atoms with E-state index in [0.29, 0.717) is 6.54 Å². The number of urea groups is 1. The van der Waals surface area contributed by atoms with Gasteiger partial charge in [-0.15, -0.1) is 0 Å². The summed E-state index contributed by atoms with van der Waals surface area (Å²) < 4.78 is 23.7. The van der Waals surface area contributed by atoms with Crippen LogP contribution in [0.2, 0.25) is 0 Å². The maximum atomic E-state index is 12.4. The average Bonchev–Trinajstić information content (AvgIpc) is 2.42. The van der Waals surface area contributed by atoms with Crippen LogP contribution in [0, 0.1) is 0 Å². The van der Waals surface area contributed by atoms with Crippen molar-refractivity contribution in [1.29, 1.82) is 0 Å². The number of sulfone groups is 1. The minimum Gasteiger partial charge on any atom is -0.335 e. The Morgan fingerprint density at radius 3 is 2.48 bits per heavy atom. The van der Waals surface area contributed by atoms with Crippen LogP contribution >= 0.6 is 0 Å². The van der Waals surface area contributed by atoms with Gasteiger partial charge in [-0.1, -0.05) is 33.1 Å². The fraction of sp³-hybridized carbons (Fsp3) is 0.933. The largest absolute Gasteiger partial charge is 0.335 e. The summed E-state index contributed by atoms with van der Waals surface area (Å²) >= 11 is 0. The first-order valence-electron chi connectivity index (χ1n) is 8.12. The highest BCUT2D eigenvalue weighted by Crippen LogP contribution is 2.19. The monoisotopic (exact) mass is 318 g/mol. The van der Waals surface area contributed by atoms with Gasteiger partial charge in [-0.05, 0) is 26.7 Å². The molecular weight excluding hydrogens is 288 g/mol. The van der Waals surface area contributed by atoms with Crippen LogP contribution < -0.4 is 5.32 Å².